The van der Waals surface area contributed by atoms with E-state index >= 15 is 0 Å². The van der Waals surface area contributed by atoms with E-state index in [1.54, 1.807) is 13.8 Å². The summed E-state index contributed by atoms with van der Waals surface area (Å²) in [5, 5.41) is -0.974. The summed E-state index contributed by atoms with van der Waals surface area (Å²) >= 11 is 0. The Hall–Kier alpha value is -2.34. The molecule has 1 aromatic rings. The first-order chi connectivity index (χ1) is 19.1. The molecule has 4 saturated carbocycles. The Morgan fingerprint density at radius 2 is 1.78 bits per heavy atom. The monoisotopic (exact) mass is 596 g/mol. The maximum Gasteiger partial charge on any atom is 0.390 e. The Bertz CT molecular complexity index is 1340. The van der Waals surface area contributed by atoms with Gasteiger partial charge in [0.2, 0.25) is 15.9 Å². The van der Waals surface area contributed by atoms with Gasteiger partial charge in [0.25, 0.3) is 6.02 Å². The first-order valence-corrected chi connectivity index (χ1v) is 16.1. The van der Waals surface area contributed by atoms with Crippen LogP contribution in [-0.4, -0.2) is 62.2 Å². The number of hydrogen-bond donors (Lipinski definition) is 2. The number of piperidine rings is 1. The van der Waals surface area contributed by atoms with E-state index in [2.05, 4.69) is 4.72 Å². The number of hydrogen-bond acceptors (Lipinski definition) is 6. The van der Waals surface area contributed by atoms with E-state index in [9.17, 15) is 26.4 Å². The fraction of sp³-hybridized carbons (Fsp3) is 0.724. The number of carbonyl (C=O) groups is 1. The second-order valence-electron chi connectivity index (χ2n) is 13.6. The van der Waals surface area contributed by atoms with E-state index in [-0.39, 0.29) is 30.3 Å². The molecule has 2 saturated heterocycles. The fourth-order valence-electron chi connectivity index (χ4n) is 8.74. The van der Waals surface area contributed by atoms with E-state index in [4.69, 9.17) is 15.5 Å². The number of amides is 1. The third-order valence-electron chi connectivity index (χ3n) is 10.4. The topological polar surface area (TPSA) is 114 Å². The normalized spacial score (nSPS) is 37.2. The molecule has 3 N–H and O–H groups in total. The Labute approximate surface area is 239 Å². The zero-order chi connectivity index (χ0) is 29.4. The summed E-state index contributed by atoms with van der Waals surface area (Å²) in [6.45, 7) is 4.73. The fourth-order valence-corrected chi connectivity index (χ4v) is 10.5. The number of benzene rings is 1. The lowest BCUT2D eigenvalue weighted by Gasteiger charge is -2.41. The number of nitrogens with two attached hydrogens (primary N) is 1. The number of nitrogens with one attached hydrogen (secondary N) is 1. The second-order valence-corrected chi connectivity index (χ2v) is 15.4. The van der Waals surface area contributed by atoms with Crippen LogP contribution in [0.25, 0.3) is 0 Å². The molecule has 7 rings (SSSR count). The van der Waals surface area contributed by atoms with E-state index in [1.165, 1.54) is 0 Å². The highest BCUT2D eigenvalue weighted by atomic mass is 32.2. The third kappa shape index (κ3) is 5.23. The molecule has 6 aliphatic rings. The number of ether oxygens (including phenoxy) is 1. The molecule has 0 aromatic heterocycles. The van der Waals surface area contributed by atoms with Crippen LogP contribution in [0.5, 0.6) is 0 Å². The Balaban J connectivity index is 1.15. The lowest BCUT2D eigenvalue weighted by atomic mass is 9.68. The lowest BCUT2D eigenvalue weighted by Crippen LogP contribution is -2.54. The number of amidine groups is 1. The number of carbonyl (C=O) groups excluding carboxylic acids is 1. The number of likely N-dealkylation sites (tertiary alicyclic amines) is 1. The molecule has 2 aliphatic heterocycles. The Morgan fingerprint density at radius 3 is 2.39 bits per heavy atom. The summed E-state index contributed by atoms with van der Waals surface area (Å²) in [5.74, 6) is 0.496. The van der Waals surface area contributed by atoms with Crippen molar-refractivity contribution in [2.45, 2.75) is 93.7 Å². The van der Waals surface area contributed by atoms with E-state index in [0.29, 0.717) is 37.4 Å². The van der Waals surface area contributed by atoms with Crippen LogP contribution in [0.1, 0.15) is 87.5 Å². The van der Waals surface area contributed by atoms with Crippen molar-refractivity contribution in [3.05, 3.63) is 35.4 Å². The van der Waals surface area contributed by atoms with Crippen LogP contribution in [0.15, 0.2) is 29.3 Å². The van der Waals surface area contributed by atoms with Gasteiger partial charge < -0.3 is 15.4 Å². The van der Waals surface area contributed by atoms with E-state index < -0.39 is 44.4 Å². The molecule has 1 amide bonds. The van der Waals surface area contributed by atoms with Gasteiger partial charge in [-0.15, -0.1) is 0 Å². The van der Waals surface area contributed by atoms with E-state index in [1.807, 2.05) is 29.2 Å². The number of aliphatic imine (C=N–C) groups is 1. The first kappa shape index (κ1) is 28.8. The number of nitrogens with zero attached hydrogens (tertiary/aromatic N) is 2. The van der Waals surface area contributed by atoms with Crippen LogP contribution >= 0.6 is 0 Å². The highest BCUT2D eigenvalue weighted by Crippen LogP contribution is 2.67. The van der Waals surface area contributed by atoms with Gasteiger partial charge in [0.05, 0.1) is 17.4 Å². The van der Waals surface area contributed by atoms with Crippen molar-refractivity contribution < 1.29 is 31.1 Å². The summed E-state index contributed by atoms with van der Waals surface area (Å²) in [7, 11) is -3.90. The largest absolute Gasteiger partial charge is 0.457 e. The van der Waals surface area contributed by atoms with Gasteiger partial charge in [-0.3, -0.25) is 4.79 Å². The molecule has 0 spiro atoms. The molecule has 4 bridgehead atoms. The van der Waals surface area contributed by atoms with Crippen molar-refractivity contribution in [2.75, 3.05) is 19.6 Å². The SMILES string of the molecule is CC1(C)OC(=NC23CC4CC2CC(C(N)=O)(C4)C3)NS(=O)(=O)[C@H]1c1ccc(C2CCN(CCC(F)(F)F)CC2)cc1. The molecular formula is C29H39F3N4O4S. The summed E-state index contributed by atoms with van der Waals surface area (Å²) in [6.07, 6.45) is 0.400. The molecular weight excluding hydrogens is 557 g/mol. The molecule has 0 radical (unpaired) electrons. The maximum absolute atomic E-state index is 13.6. The molecule has 41 heavy (non-hydrogen) atoms. The third-order valence-corrected chi connectivity index (χ3v) is 12.3. The summed E-state index contributed by atoms with van der Waals surface area (Å²) < 4.78 is 73.8. The second kappa shape index (κ2) is 9.59. The summed E-state index contributed by atoms with van der Waals surface area (Å²) in [4.78, 5) is 19.1. The smallest absolute Gasteiger partial charge is 0.390 e. The van der Waals surface area contributed by atoms with Crippen LogP contribution in [0.3, 0.4) is 0 Å². The van der Waals surface area contributed by atoms with Crippen molar-refractivity contribution in [1.82, 2.24) is 9.62 Å². The number of rotatable bonds is 6. The predicted molar refractivity (Wildman–Crippen MR) is 147 cm³/mol. The Kier molecular flexibility index (Phi) is 6.73. The standard InChI is InChI=1S/C29H39F3N4O4S/c1-26(2)23(21-5-3-19(4-6-21)20-7-10-36(11-8-20)12-9-29(30,31)32)41(38,39)35-25(40-26)34-28-15-18-13-22(28)16-27(14-18,17-28)24(33)37/h3-6,18,20,22-23H,7-17H2,1-2H3,(H2,33,37)(H,34,35)/t18?,22?,23-,27?,28?/m0/s1. The minimum Gasteiger partial charge on any atom is -0.457 e. The average molecular weight is 597 g/mol. The molecule has 1 aromatic carbocycles. The van der Waals surface area contributed by atoms with Crippen LogP contribution in [-0.2, 0) is 19.6 Å². The number of alkyl halides is 3. The molecule has 4 unspecified atom stereocenters. The van der Waals surface area contributed by atoms with Crippen LogP contribution in [0.4, 0.5) is 13.2 Å². The van der Waals surface area contributed by atoms with Crippen molar-refractivity contribution in [3.8, 4) is 0 Å². The highest BCUT2D eigenvalue weighted by molar-refractivity contribution is 7.90. The average Bonchev–Trinajstić information content (AvgIpc) is 3.22. The van der Waals surface area contributed by atoms with Crippen LogP contribution in [0, 0.1) is 17.3 Å². The minimum absolute atomic E-state index is 0.00651. The number of halogens is 3. The van der Waals surface area contributed by atoms with Crippen molar-refractivity contribution in [2.24, 2.45) is 28.0 Å². The van der Waals surface area contributed by atoms with Gasteiger partial charge >= 0.3 is 6.18 Å². The molecule has 6 fully saturated rings. The number of sulfonamides is 1. The minimum atomic E-state index is -4.14. The van der Waals surface area contributed by atoms with Gasteiger partial charge in [-0.1, -0.05) is 24.3 Å². The molecule has 5 atom stereocenters. The lowest BCUT2D eigenvalue weighted by molar-refractivity contribution is -0.138. The van der Waals surface area contributed by atoms with Crippen LogP contribution < -0.4 is 10.5 Å². The van der Waals surface area contributed by atoms with Gasteiger partial charge in [0, 0.05) is 6.54 Å². The zero-order valence-electron chi connectivity index (χ0n) is 23.5. The Morgan fingerprint density at radius 1 is 1.12 bits per heavy atom. The molecule has 4 aliphatic carbocycles. The van der Waals surface area contributed by atoms with Crippen LogP contribution in [0.2, 0.25) is 0 Å². The van der Waals surface area contributed by atoms with Crippen molar-refractivity contribution in [1.29, 1.82) is 0 Å². The maximum atomic E-state index is 13.6. The molecule has 226 valence electrons. The highest BCUT2D eigenvalue weighted by Gasteiger charge is 2.67. The number of primary amides is 1. The van der Waals surface area contributed by atoms with Gasteiger partial charge in [-0.05, 0) is 101 Å². The van der Waals surface area contributed by atoms with Crippen molar-refractivity contribution >= 4 is 22.0 Å². The molecule has 8 nitrogen and oxygen atoms in total. The molecule has 2 heterocycles. The molecule has 12 heteroatoms. The summed E-state index contributed by atoms with van der Waals surface area (Å²) in [6, 6.07) is 7.48. The zero-order valence-corrected chi connectivity index (χ0v) is 24.4. The van der Waals surface area contributed by atoms with Gasteiger partial charge in [-0.2, -0.15) is 13.2 Å². The van der Waals surface area contributed by atoms with Gasteiger partial charge in [-0.25, -0.2) is 18.1 Å². The summed E-state index contributed by atoms with van der Waals surface area (Å²) in [5.41, 5.74) is 5.27. The quantitative estimate of drug-likeness (QED) is 0.506. The van der Waals surface area contributed by atoms with Crippen molar-refractivity contribution in [3.63, 3.8) is 0 Å². The van der Waals surface area contributed by atoms with E-state index in [0.717, 1.165) is 37.7 Å². The van der Waals surface area contributed by atoms with Gasteiger partial charge in [0.15, 0.2) is 0 Å². The first-order valence-electron chi connectivity index (χ1n) is 14.6. The van der Waals surface area contributed by atoms with Gasteiger partial charge in [0.1, 0.15) is 10.9 Å². The predicted octanol–water partition coefficient (Wildman–Crippen LogP) is 4.38.